The normalized spacial score (nSPS) is 22.7. The van der Waals surface area contributed by atoms with Crippen LogP contribution in [0.2, 0.25) is 0 Å². The smallest absolute Gasteiger partial charge is 0.0368 e. The van der Waals surface area contributed by atoms with Crippen LogP contribution in [0.5, 0.6) is 0 Å². The number of aryl methyl sites for hydroxylation is 1. The molecule has 3 rings (SSSR count). The fraction of sp³-hybridized carbons (Fsp3) is 0.647. The lowest BCUT2D eigenvalue weighted by atomic mass is 9.95. The van der Waals surface area contributed by atoms with Gasteiger partial charge in [0.15, 0.2) is 0 Å². The van der Waals surface area contributed by atoms with E-state index in [1.54, 1.807) is 0 Å². The first-order valence-corrected chi connectivity index (χ1v) is 8.24. The zero-order valence-electron chi connectivity index (χ0n) is 13.2. The first-order chi connectivity index (χ1) is 10.2. The van der Waals surface area contributed by atoms with Gasteiger partial charge in [0.2, 0.25) is 0 Å². The molecule has 0 radical (unpaired) electrons. The quantitative estimate of drug-likeness (QED) is 0.859. The molecule has 2 N–H and O–H groups in total. The standard InChI is InChI=1S/C17H28N4/c1-15-3-2-4-17(13-15)20-7-5-16(6-8-20)14-19-9-11-21(18)12-10-19/h2-4,13,16H,5-12,14,18H2,1H3. The predicted molar refractivity (Wildman–Crippen MR) is 88.3 cm³/mol. The second-order valence-corrected chi connectivity index (χ2v) is 6.61. The SMILES string of the molecule is Cc1cccc(N2CCC(CN3CCN(N)CC3)CC2)c1. The van der Waals surface area contributed by atoms with Crippen LogP contribution in [0, 0.1) is 12.8 Å². The topological polar surface area (TPSA) is 35.7 Å². The van der Waals surface area contributed by atoms with Crippen molar-refractivity contribution in [3.05, 3.63) is 29.8 Å². The summed E-state index contributed by atoms with van der Waals surface area (Å²) in [5.41, 5.74) is 2.75. The Morgan fingerprint density at radius 2 is 1.76 bits per heavy atom. The average Bonchev–Trinajstić information content (AvgIpc) is 2.50. The lowest BCUT2D eigenvalue weighted by Gasteiger charge is -2.38. The van der Waals surface area contributed by atoms with Gasteiger partial charge in [-0.3, -0.25) is 5.84 Å². The molecular formula is C17H28N4. The molecule has 4 nitrogen and oxygen atoms in total. The number of nitrogens with two attached hydrogens (primary N) is 1. The summed E-state index contributed by atoms with van der Waals surface area (Å²) in [6.07, 6.45) is 2.63. The summed E-state index contributed by atoms with van der Waals surface area (Å²) < 4.78 is 0. The lowest BCUT2D eigenvalue weighted by molar-refractivity contribution is 0.113. The molecule has 21 heavy (non-hydrogen) atoms. The molecule has 0 bridgehead atoms. The lowest BCUT2D eigenvalue weighted by Crippen LogP contribution is -2.51. The Labute approximate surface area is 128 Å². The van der Waals surface area contributed by atoms with E-state index < -0.39 is 0 Å². The minimum atomic E-state index is 0.857. The maximum atomic E-state index is 5.82. The van der Waals surface area contributed by atoms with Crippen molar-refractivity contribution in [2.75, 3.05) is 50.7 Å². The van der Waals surface area contributed by atoms with Crippen LogP contribution < -0.4 is 10.7 Å². The number of hydrogen-bond acceptors (Lipinski definition) is 4. The van der Waals surface area contributed by atoms with Gasteiger partial charge < -0.3 is 9.80 Å². The van der Waals surface area contributed by atoms with E-state index in [9.17, 15) is 0 Å². The number of piperazine rings is 1. The van der Waals surface area contributed by atoms with Crippen molar-refractivity contribution >= 4 is 5.69 Å². The number of nitrogens with zero attached hydrogens (tertiary/aromatic N) is 3. The predicted octanol–water partition coefficient (Wildman–Crippen LogP) is 1.70. The van der Waals surface area contributed by atoms with Crippen molar-refractivity contribution in [1.82, 2.24) is 9.91 Å². The summed E-state index contributed by atoms with van der Waals surface area (Å²) in [6.45, 7) is 10.1. The summed E-state index contributed by atoms with van der Waals surface area (Å²) in [4.78, 5) is 5.14. The zero-order valence-corrected chi connectivity index (χ0v) is 13.2. The van der Waals surface area contributed by atoms with Crippen LogP contribution in [0.4, 0.5) is 5.69 Å². The van der Waals surface area contributed by atoms with Crippen molar-refractivity contribution in [2.24, 2.45) is 11.8 Å². The van der Waals surface area contributed by atoms with Crippen molar-refractivity contribution in [1.29, 1.82) is 0 Å². The van der Waals surface area contributed by atoms with E-state index >= 15 is 0 Å². The minimum absolute atomic E-state index is 0.857. The van der Waals surface area contributed by atoms with Gasteiger partial charge in [-0.05, 0) is 43.4 Å². The summed E-state index contributed by atoms with van der Waals surface area (Å²) in [6, 6.07) is 8.89. The highest BCUT2D eigenvalue weighted by Gasteiger charge is 2.23. The highest BCUT2D eigenvalue weighted by molar-refractivity contribution is 5.48. The molecule has 1 aromatic rings. The van der Waals surface area contributed by atoms with Crippen molar-refractivity contribution < 1.29 is 0 Å². The van der Waals surface area contributed by atoms with Crippen LogP contribution in [0.15, 0.2) is 24.3 Å². The summed E-state index contributed by atoms with van der Waals surface area (Å²) in [7, 11) is 0. The molecule has 2 saturated heterocycles. The van der Waals surface area contributed by atoms with Gasteiger partial charge in [-0.2, -0.15) is 0 Å². The van der Waals surface area contributed by atoms with E-state index in [0.717, 1.165) is 32.1 Å². The van der Waals surface area contributed by atoms with Gasteiger partial charge in [0.25, 0.3) is 0 Å². The highest BCUT2D eigenvalue weighted by Crippen LogP contribution is 2.24. The molecule has 1 aromatic carbocycles. The minimum Gasteiger partial charge on any atom is -0.372 e. The Balaban J connectivity index is 1.47. The monoisotopic (exact) mass is 288 g/mol. The molecule has 2 aliphatic heterocycles. The Morgan fingerprint density at radius 1 is 1.05 bits per heavy atom. The fourth-order valence-electron chi connectivity index (χ4n) is 3.51. The first-order valence-electron chi connectivity index (χ1n) is 8.24. The number of piperidine rings is 1. The van der Waals surface area contributed by atoms with Gasteiger partial charge in [-0.1, -0.05) is 12.1 Å². The van der Waals surface area contributed by atoms with Crippen LogP contribution in [0.1, 0.15) is 18.4 Å². The van der Waals surface area contributed by atoms with E-state index in [2.05, 4.69) is 41.0 Å². The molecule has 0 saturated carbocycles. The molecule has 4 heteroatoms. The first kappa shape index (κ1) is 14.8. The molecule has 0 aliphatic carbocycles. The van der Waals surface area contributed by atoms with Crippen molar-refractivity contribution in [3.63, 3.8) is 0 Å². The van der Waals surface area contributed by atoms with E-state index in [1.165, 1.54) is 43.7 Å². The Bertz CT molecular complexity index is 446. The number of benzene rings is 1. The van der Waals surface area contributed by atoms with Gasteiger partial charge in [-0.25, -0.2) is 5.01 Å². The Kier molecular flexibility index (Phi) is 4.78. The van der Waals surface area contributed by atoms with Crippen molar-refractivity contribution in [3.8, 4) is 0 Å². The molecule has 2 fully saturated rings. The van der Waals surface area contributed by atoms with Crippen molar-refractivity contribution in [2.45, 2.75) is 19.8 Å². The Hall–Kier alpha value is -1.10. The van der Waals surface area contributed by atoms with Crippen LogP contribution in [-0.2, 0) is 0 Å². The third-order valence-electron chi connectivity index (χ3n) is 4.90. The van der Waals surface area contributed by atoms with E-state index in [-0.39, 0.29) is 0 Å². The molecule has 0 atom stereocenters. The molecular weight excluding hydrogens is 260 g/mol. The fourth-order valence-corrected chi connectivity index (χ4v) is 3.51. The summed E-state index contributed by atoms with van der Waals surface area (Å²) in [5, 5.41) is 1.94. The van der Waals surface area contributed by atoms with Crippen LogP contribution in [-0.4, -0.2) is 55.7 Å². The zero-order chi connectivity index (χ0) is 14.7. The third-order valence-corrected chi connectivity index (χ3v) is 4.90. The largest absolute Gasteiger partial charge is 0.372 e. The van der Waals surface area contributed by atoms with E-state index in [4.69, 9.17) is 5.84 Å². The molecule has 2 heterocycles. The average molecular weight is 288 g/mol. The van der Waals surface area contributed by atoms with Gasteiger partial charge in [0.05, 0.1) is 0 Å². The number of hydrazine groups is 1. The molecule has 0 spiro atoms. The molecule has 0 aromatic heterocycles. The highest BCUT2D eigenvalue weighted by atomic mass is 15.4. The van der Waals surface area contributed by atoms with Crippen LogP contribution >= 0.6 is 0 Å². The summed E-state index contributed by atoms with van der Waals surface area (Å²) >= 11 is 0. The molecule has 0 amide bonds. The molecule has 116 valence electrons. The third kappa shape index (κ3) is 3.96. The number of hydrogen-bond donors (Lipinski definition) is 1. The second-order valence-electron chi connectivity index (χ2n) is 6.61. The van der Waals surface area contributed by atoms with Gasteiger partial charge in [0.1, 0.15) is 0 Å². The summed E-state index contributed by atoms with van der Waals surface area (Å²) in [5.74, 6) is 6.68. The van der Waals surface area contributed by atoms with Crippen LogP contribution in [0.25, 0.3) is 0 Å². The maximum Gasteiger partial charge on any atom is 0.0368 e. The maximum absolute atomic E-state index is 5.82. The van der Waals surface area contributed by atoms with Gasteiger partial charge in [-0.15, -0.1) is 0 Å². The Morgan fingerprint density at radius 3 is 2.43 bits per heavy atom. The molecule has 2 aliphatic rings. The van der Waals surface area contributed by atoms with E-state index in [0.29, 0.717) is 0 Å². The van der Waals surface area contributed by atoms with Crippen LogP contribution in [0.3, 0.4) is 0 Å². The van der Waals surface area contributed by atoms with E-state index in [1.807, 2.05) is 5.01 Å². The number of rotatable bonds is 3. The van der Waals surface area contributed by atoms with Gasteiger partial charge in [0, 0.05) is 51.5 Å². The second kappa shape index (κ2) is 6.77. The number of anilines is 1. The molecule has 0 unspecified atom stereocenters. The van der Waals surface area contributed by atoms with Gasteiger partial charge >= 0.3 is 0 Å².